The van der Waals surface area contributed by atoms with E-state index in [0.717, 1.165) is 12.8 Å². The highest BCUT2D eigenvalue weighted by molar-refractivity contribution is 7.90. The summed E-state index contributed by atoms with van der Waals surface area (Å²) in [6, 6.07) is 4.07. The third-order valence-corrected chi connectivity index (χ3v) is 4.31. The van der Waals surface area contributed by atoms with Crippen molar-refractivity contribution in [2.24, 2.45) is 0 Å². The third-order valence-electron chi connectivity index (χ3n) is 2.90. The Bertz CT molecular complexity index is 594. The maximum absolute atomic E-state index is 12.1. The van der Waals surface area contributed by atoms with Gasteiger partial charge in [-0.15, -0.1) is 0 Å². The maximum Gasteiger partial charge on any atom is 0.328 e. The van der Waals surface area contributed by atoms with E-state index in [1.807, 2.05) is 11.6 Å². The molecule has 0 heterocycles. The van der Waals surface area contributed by atoms with Gasteiger partial charge in [0, 0.05) is 11.7 Å². The van der Waals surface area contributed by atoms with Gasteiger partial charge >= 0.3 is 6.03 Å². The van der Waals surface area contributed by atoms with Crippen molar-refractivity contribution in [3.63, 3.8) is 0 Å². The van der Waals surface area contributed by atoms with Crippen LogP contribution in [0.4, 0.5) is 10.5 Å². The summed E-state index contributed by atoms with van der Waals surface area (Å²) in [6.07, 6.45) is 2.33. The Balaban J connectivity index is 2.22. The van der Waals surface area contributed by atoms with Crippen molar-refractivity contribution < 1.29 is 13.2 Å². The smallest absolute Gasteiger partial charge is 0.328 e. The van der Waals surface area contributed by atoms with Gasteiger partial charge in [0.15, 0.2) is 0 Å². The topological polar surface area (TPSA) is 101 Å². The summed E-state index contributed by atoms with van der Waals surface area (Å²) in [5.74, 6) is 0. The number of nitrogens with two attached hydrogens (primary N) is 1. The van der Waals surface area contributed by atoms with E-state index in [1.165, 1.54) is 6.07 Å². The molecule has 1 aromatic carbocycles. The predicted octanol–water partition coefficient (Wildman–Crippen LogP) is 0.982. The summed E-state index contributed by atoms with van der Waals surface area (Å²) < 4.78 is 26.3. The molecule has 0 atom stereocenters. The number of carbonyl (C=O) groups excluding carboxylic acids is 1. The number of nitrogen functional groups attached to an aromatic ring is 1. The fraction of sp³-hybridized carbons (Fsp3) is 0.417. The quantitative estimate of drug-likeness (QED) is 0.717. The van der Waals surface area contributed by atoms with Crippen molar-refractivity contribution in [3.8, 4) is 0 Å². The van der Waals surface area contributed by atoms with Crippen LogP contribution in [0.1, 0.15) is 25.3 Å². The Morgan fingerprint density at radius 1 is 1.42 bits per heavy atom. The first-order valence-corrected chi connectivity index (χ1v) is 7.62. The number of amides is 2. The van der Waals surface area contributed by atoms with Gasteiger partial charge < -0.3 is 11.1 Å². The zero-order chi connectivity index (χ0) is 14.0. The molecule has 0 unspecified atom stereocenters. The van der Waals surface area contributed by atoms with Gasteiger partial charge in [0.1, 0.15) is 0 Å². The van der Waals surface area contributed by atoms with Crippen molar-refractivity contribution in [1.29, 1.82) is 0 Å². The van der Waals surface area contributed by atoms with Gasteiger partial charge in [-0.1, -0.05) is 13.0 Å². The monoisotopic (exact) mass is 283 g/mol. The normalized spacial score (nSPS) is 15.0. The van der Waals surface area contributed by atoms with E-state index >= 15 is 0 Å². The van der Waals surface area contributed by atoms with Crippen molar-refractivity contribution >= 4 is 21.7 Å². The van der Waals surface area contributed by atoms with Gasteiger partial charge in [-0.3, -0.25) is 0 Å². The molecular weight excluding hydrogens is 266 g/mol. The van der Waals surface area contributed by atoms with Crippen LogP contribution in [-0.4, -0.2) is 20.5 Å². The predicted molar refractivity (Wildman–Crippen MR) is 72.1 cm³/mol. The molecule has 0 saturated heterocycles. The Morgan fingerprint density at radius 2 is 2.11 bits per heavy atom. The first kappa shape index (κ1) is 13.7. The zero-order valence-corrected chi connectivity index (χ0v) is 11.5. The molecular formula is C12H17N3O3S. The number of nitrogens with one attached hydrogen (secondary N) is 2. The second kappa shape index (κ2) is 5.08. The average molecular weight is 283 g/mol. The summed E-state index contributed by atoms with van der Waals surface area (Å²) in [5.41, 5.74) is 6.58. The summed E-state index contributed by atoms with van der Waals surface area (Å²) in [7, 11) is -3.88. The van der Waals surface area contributed by atoms with Crippen LogP contribution in [0.3, 0.4) is 0 Å². The number of urea groups is 1. The van der Waals surface area contributed by atoms with Crippen LogP contribution in [-0.2, 0) is 16.4 Å². The number of aryl methyl sites for hydroxylation is 1. The largest absolute Gasteiger partial charge is 0.399 e. The first-order chi connectivity index (χ1) is 8.92. The van der Waals surface area contributed by atoms with E-state index in [4.69, 9.17) is 5.73 Å². The number of rotatable bonds is 4. The average Bonchev–Trinajstić information content (AvgIpc) is 3.12. The van der Waals surface area contributed by atoms with Crippen LogP contribution in [0.15, 0.2) is 23.1 Å². The molecule has 2 amide bonds. The van der Waals surface area contributed by atoms with Gasteiger partial charge in [0.25, 0.3) is 10.0 Å². The molecule has 0 aliphatic heterocycles. The lowest BCUT2D eigenvalue weighted by molar-refractivity contribution is 0.245. The maximum atomic E-state index is 12.1. The van der Waals surface area contributed by atoms with Crippen LogP contribution in [0.25, 0.3) is 0 Å². The van der Waals surface area contributed by atoms with Crippen LogP contribution in [0, 0.1) is 0 Å². The third kappa shape index (κ3) is 3.37. The molecule has 4 N–H and O–H groups in total. The number of hydrogen-bond acceptors (Lipinski definition) is 4. The lowest BCUT2D eigenvalue weighted by Gasteiger charge is -2.11. The molecule has 1 aromatic rings. The Labute approximate surface area is 112 Å². The summed E-state index contributed by atoms with van der Waals surface area (Å²) >= 11 is 0. The van der Waals surface area contributed by atoms with Crippen molar-refractivity contribution in [3.05, 3.63) is 23.8 Å². The minimum Gasteiger partial charge on any atom is -0.399 e. The molecule has 0 bridgehead atoms. The molecule has 0 spiro atoms. The summed E-state index contributed by atoms with van der Waals surface area (Å²) in [5, 5.41) is 2.57. The first-order valence-electron chi connectivity index (χ1n) is 6.14. The minimum absolute atomic E-state index is 0.0564. The van der Waals surface area contributed by atoms with Crippen molar-refractivity contribution in [1.82, 2.24) is 10.0 Å². The molecule has 0 aromatic heterocycles. The van der Waals surface area contributed by atoms with E-state index in [1.54, 1.807) is 12.1 Å². The lowest BCUT2D eigenvalue weighted by atomic mass is 10.1. The number of carbonyl (C=O) groups is 1. The highest BCUT2D eigenvalue weighted by Crippen LogP contribution is 2.21. The Morgan fingerprint density at radius 3 is 2.68 bits per heavy atom. The highest BCUT2D eigenvalue weighted by Gasteiger charge is 2.26. The molecule has 1 fully saturated rings. The second-order valence-electron chi connectivity index (χ2n) is 4.57. The number of anilines is 1. The van der Waals surface area contributed by atoms with Crippen LogP contribution in [0.2, 0.25) is 0 Å². The van der Waals surface area contributed by atoms with E-state index in [9.17, 15) is 13.2 Å². The van der Waals surface area contributed by atoms with E-state index in [0.29, 0.717) is 17.7 Å². The van der Waals surface area contributed by atoms with Crippen LogP contribution in [0.5, 0.6) is 0 Å². The Hall–Kier alpha value is -1.76. The minimum atomic E-state index is -3.88. The van der Waals surface area contributed by atoms with E-state index in [2.05, 4.69) is 5.32 Å². The molecule has 2 rings (SSSR count). The van der Waals surface area contributed by atoms with Crippen molar-refractivity contribution in [2.45, 2.75) is 37.1 Å². The fourth-order valence-corrected chi connectivity index (χ4v) is 2.99. The Kier molecular flexibility index (Phi) is 3.66. The molecule has 1 aliphatic rings. The van der Waals surface area contributed by atoms with E-state index < -0.39 is 16.1 Å². The highest BCUT2D eigenvalue weighted by atomic mass is 32.2. The van der Waals surface area contributed by atoms with Crippen LogP contribution >= 0.6 is 0 Å². The van der Waals surface area contributed by atoms with Gasteiger partial charge in [0.2, 0.25) is 0 Å². The molecule has 104 valence electrons. The summed E-state index contributed by atoms with van der Waals surface area (Å²) in [6.45, 7) is 1.84. The number of sulfonamides is 1. The fourth-order valence-electron chi connectivity index (χ4n) is 1.73. The van der Waals surface area contributed by atoms with Gasteiger partial charge in [-0.05, 0) is 37.0 Å². The van der Waals surface area contributed by atoms with E-state index in [-0.39, 0.29) is 10.9 Å². The van der Waals surface area contributed by atoms with Crippen molar-refractivity contribution in [2.75, 3.05) is 5.73 Å². The van der Waals surface area contributed by atoms with Gasteiger partial charge in [-0.2, -0.15) is 0 Å². The molecule has 0 radical (unpaired) electrons. The van der Waals surface area contributed by atoms with Crippen LogP contribution < -0.4 is 15.8 Å². The molecule has 1 aliphatic carbocycles. The molecule has 1 saturated carbocycles. The number of hydrogen-bond donors (Lipinski definition) is 3. The van der Waals surface area contributed by atoms with Gasteiger partial charge in [0.05, 0.1) is 4.90 Å². The SMILES string of the molecule is CCc1ccc(N)cc1S(=O)(=O)NC(=O)NC1CC1. The second-order valence-corrected chi connectivity index (χ2v) is 6.22. The molecule has 6 nitrogen and oxygen atoms in total. The summed E-state index contributed by atoms with van der Waals surface area (Å²) in [4.78, 5) is 11.6. The molecule has 19 heavy (non-hydrogen) atoms. The lowest BCUT2D eigenvalue weighted by Crippen LogP contribution is -2.40. The number of benzene rings is 1. The van der Waals surface area contributed by atoms with Gasteiger partial charge in [-0.25, -0.2) is 17.9 Å². The zero-order valence-electron chi connectivity index (χ0n) is 10.6. The standard InChI is InChI=1S/C12H17N3O3S/c1-2-8-3-4-9(13)7-11(8)19(17,18)15-12(16)14-10-5-6-10/h3-4,7,10H,2,5-6,13H2,1H3,(H2,14,15,16). The molecule has 7 heteroatoms.